The fraction of sp³-hybridized carbons (Fsp3) is 0.889. The zero-order chi connectivity index (χ0) is 11.8. The maximum Gasteiger partial charge on any atom is 0.320 e. The van der Waals surface area contributed by atoms with Crippen molar-refractivity contribution in [2.45, 2.75) is 31.7 Å². The van der Waals surface area contributed by atoms with Crippen molar-refractivity contribution in [1.82, 2.24) is 0 Å². The van der Waals surface area contributed by atoms with E-state index >= 15 is 0 Å². The minimum absolute atomic E-state index is 0.0483. The summed E-state index contributed by atoms with van der Waals surface area (Å²) in [5.74, 6) is 1.80. The Hall–Kier alpha value is -0.270. The number of amidine groups is 1. The lowest BCUT2D eigenvalue weighted by atomic mass is 9.96. The highest BCUT2D eigenvalue weighted by Gasteiger charge is 2.39. The maximum atomic E-state index is 10.5. The van der Waals surface area contributed by atoms with Crippen LogP contribution >= 0.6 is 10.8 Å². The first-order chi connectivity index (χ1) is 7.44. The van der Waals surface area contributed by atoms with Crippen LogP contribution in [0.2, 0.25) is 0 Å². The monoisotopic (exact) mass is 264 g/mol. The normalized spacial score (nSPS) is 34.6. The van der Waals surface area contributed by atoms with Gasteiger partial charge in [0.1, 0.15) is 5.84 Å². The van der Waals surface area contributed by atoms with Crippen LogP contribution in [0.5, 0.6) is 0 Å². The predicted molar refractivity (Wildman–Crippen MR) is 64.9 cm³/mol. The molecule has 2 fully saturated rings. The van der Waals surface area contributed by atoms with E-state index in [1.807, 2.05) is 0 Å². The van der Waals surface area contributed by atoms with E-state index in [-0.39, 0.29) is 11.8 Å². The summed E-state index contributed by atoms with van der Waals surface area (Å²) in [5, 5.41) is 0. The van der Waals surface area contributed by atoms with Crippen LogP contribution in [0.25, 0.3) is 0 Å². The van der Waals surface area contributed by atoms with Crippen molar-refractivity contribution in [3.63, 3.8) is 0 Å². The van der Waals surface area contributed by atoms with E-state index in [9.17, 15) is 8.42 Å². The van der Waals surface area contributed by atoms with Gasteiger partial charge >= 0.3 is 9.15 Å². The van der Waals surface area contributed by atoms with Crippen LogP contribution in [-0.2, 0) is 9.15 Å². The number of nitrogens with zero attached hydrogens (tertiary/aromatic N) is 1. The third-order valence-corrected chi connectivity index (χ3v) is 5.35. The molecule has 2 bridgehead atoms. The van der Waals surface area contributed by atoms with Gasteiger partial charge in [-0.15, -0.1) is 0 Å². The summed E-state index contributed by atoms with van der Waals surface area (Å²) in [6.07, 6.45) is 4.85. The van der Waals surface area contributed by atoms with Crippen molar-refractivity contribution in [1.29, 1.82) is 0 Å². The zero-order valence-corrected chi connectivity index (χ0v) is 10.5. The number of rotatable bonds is 4. The summed E-state index contributed by atoms with van der Waals surface area (Å²) >= 11 is 0. The van der Waals surface area contributed by atoms with Crippen LogP contribution in [0.4, 0.5) is 0 Å². The molecule has 2 rings (SSSR count). The molecule has 3 atom stereocenters. The van der Waals surface area contributed by atoms with Gasteiger partial charge in [-0.3, -0.25) is 9.55 Å². The van der Waals surface area contributed by atoms with Gasteiger partial charge in [0.05, 0.1) is 11.8 Å². The SMILES string of the molecule is NC(CSS(=O)(=O)O)=N[C@@H]1C[C@H]2CC[C@@H]1C2. The van der Waals surface area contributed by atoms with Crippen LogP contribution in [0, 0.1) is 11.8 Å². The molecule has 0 amide bonds. The highest BCUT2D eigenvalue weighted by atomic mass is 33.1. The van der Waals surface area contributed by atoms with Crippen LogP contribution in [0.1, 0.15) is 25.7 Å². The number of hydrogen-bond donors (Lipinski definition) is 2. The molecular weight excluding hydrogens is 248 g/mol. The lowest BCUT2D eigenvalue weighted by molar-refractivity contribution is 0.420. The van der Waals surface area contributed by atoms with E-state index in [0.717, 1.165) is 12.3 Å². The minimum atomic E-state index is -4.01. The van der Waals surface area contributed by atoms with E-state index in [4.69, 9.17) is 10.3 Å². The molecule has 0 unspecified atom stereocenters. The summed E-state index contributed by atoms with van der Waals surface area (Å²) in [6, 6.07) is 0.278. The second-order valence-corrected chi connectivity index (χ2v) is 7.90. The van der Waals surface area contributed by atoms with E-state index in [2.05, 4.69) is 4.99 Å². The molecule has 0 aliphatic heterocycles. The van der Waals surface area contributed by atoms with E-state index < -0.39 is 9.15 Å². The van der Waals surface area contributed by atoms with Gasteiger partial charge in [-0.05, 0) is 31.1 Å². The molecule has 0 aromatic heterocycles. The number of nitrogens with two attached hydrogens (primary N) is 1. The number of hydrogen-bond acceptors (Lipinski definition) is 4. The standard InChI is InChI=1S/C9H16N2O3S2/c10-9(5-15-16(12,13)14)11-8-4-6-1-2-7(8)3-6/h6-8H,1-5H2,(H2,10,11)(H,12,13,14)/t6-,7+,8+/m0/s1. The summed E-state index contributed by atoms with van der Waals surface area (Å²) in [6.45, 7) is 0. The molecule has 2 aliphatic carbocycles. The quantitative estimate of drug-likeness (QED) is 0.343. The van der Waals surface area contributed by atoms with E-state index in [0.29, 0.717) is 22.5 Å². The molecule has 0 spiro atoms. The Labute approximate surface area is 99.0 Å². The van der Waals surface area contributed by atoms with Crippen LogP contribution in [0.3, 0.4) is 0 Å². The third kappa shape index (κ3) is 3.11. The van der Waals surface area contributed by atoms with Gasteiger partial charge in [-0.25, -0.2) is 0 Å². The molecule has 5 nitrogen and oxygen atoms in total. The molecule has 0 saturated heterocycles. The first kappa shape index (κ1) is 12.2. The average Bonchev–Trinajstić information content (AvgIpc) is 2.75. The summed E-state index contributed by atoms with van der Waals surface area (Å²) in [4.78, 5) is 4.36. The molecule has 92 valence electrons. The van der Waals surface area contributed by atoms with Crippen LogP contribution in [-0.4, -0.2) is 30.6 Å². The number of fused-ring (bicyclic) bond motifs is 2. The lowest BCUT2D eigenvalue weighted by Gasteiger charge is -2.17. The molecule has 0 aromatic rings. The van der Waals surface area contributed by atoms with Gasteiger partial charge in [0, 0.05) is 10.8 Å². The molecule has 3 N–H and O–H groups in total. The van der Waals surface area contributed by atoms with Gasteiger partial charge in [0.15, 0.2) is 0 Å². The summed E-state index contributed by atoms with van der Waals surface area (Å²) in [7, 11) is -3.59. The van der Waals surface area contributed by atoms with Crippen molar-refractivity contribution < 1.29 is 13.0 Å². The Bertz CT molecular complexity index is 394. The zero-order valence-electron chi connectivity index (χ0n) is 8.87. The molecule has 0 aromatic carbocycles. The highest BCUT2D eigenvalue weighted by Crippen LogP contribution is 2.45. The fourth-order valence-electron chi connectivity index (χ4n) is 2.75. The average molecular weight is 264 g/mol. The van der Waals surface area contributed by atoms with Crippen molar-refractivity contribution in [2.75, 3.05) is 5.75 Å². The van der Waals surface area contributed by atoms with Crippen molar-refractivity contribution in [2.24, 2.45) is 22.6 Å². The third-order valence-electron chi connectivity index (χ3n) is 3.39. The first-order valence-electron chi connectivity index (χ1n) is 5.38. The smallest absolute Gasteiger partial charge is 0.320 e. The topological polar surface area (TPSA) is 92.8 Å². The Morgan fingerprint density at radius 1 is 1.44 bits per heavy atom. The largest absolute Gasteiger partial charge is 0.387 e. The molecule has 16 heavy (non-hydrogen) atoms. The minimum Gasteiger partial charge on any atom is -0.387 e. The van der Waals surface area contributed by atoms with Crippen LogP contribution in [0.15, 0.2) is 4.99 Å². The molecular formula is C9H16N2O3S2. The lowest BCUT2D eigenvalue weighted by Crippen LogP contribution is -2.23. The Morgan fingerprint density at radius 2 is 2.19 bits per heavy atom. The van der Waals surface area contributed by atoms with Gasteiger partial charge in [0.2, 0.25) is 0 Å². The molecule has 7 heteroatoms. The van der Waals surface area contributed by atoms with Crippen molar-refractivity contribution >= 4 is 25.8 Å². The Kier molecular flexibility index (Phi) is 3.46. The predicted octanol–water partition coefficient (Wildman–Crippen LogP) is 1.07. The van der Waals surface area contributed by atoms with Crippen LogP contribution < -0.4 is 5.73 Å². The second kappa shape index (κ2) is 4.54. The van der Waals surface area contributed by atoms with Gasteiger partial charge in [-0.2, -0.15) is 8.42 Å². The summed E-state index contributed by atoms with van der Waals surface area (Å²) in [5.41, 5.74) is 5.65. The molecule has 0 radical (unpaired) electrons. The fourth-order valence-corrected chi connectivity index (χ4v) is 3.91. The summed E-state index contributed by atoms with van der Waals surface area (Å²) < 4.78 is 29.6. The Balaban J connectivity index is 1.87. The number of aliphatic imine (C=N–C) groups is 1. The van der Waals surface area contributed by atoms with E-state index in [1.165, 1.54) is 19.3 Å². The second-order valence-electron chi connectivity index (χ2n) is 4.55. The molecule has 2 saturated carbocycles. The van der Waals surface area contributed by atoms with E-state index in [1.54, 1.807) is 0 Å². The first-order valence-corrected chi connectivity index (χ1v) is 8.32. The maximum absolute atomic E-state index is 10.5. The van der Waals surface area contributed by atoms with Crippen molar-refractivity contribution in [3.05, 3.63) is 0 Å². The highest BCUT2D eigenvalue weighted by molar-refractivity contribution is 8.70. The van der Waals surface area contributed by atoms with Crippen molar-refractivity contribution in [3.8, 4) is 0 Å². The molecule has 2 aliphatic rings. The van der Waals surface area contributed by atoms with Gasteiger partial charge in [0.25, 0.3) is 0 Å². The van der Waals surface area contributed by atoms with Gasteiger partial charge in [-0.1, -0.05) is 6.42 Å². The molecule has 0 heterocycles. The van der Waals surface area contributed by atoms with Gasteiger partial charge < -0.3 is 5.73 Å². The Morgan fingerprint density at radius 3 is 2.69 bits per heavy atom.